The van der Waals surface area contributed by atoms with Crippen molar-refractivity contribution in [3.05, 3.63) is 11.6 Å². The molecule has 0 aliphatic carbocycles. The lowest BCUT2D eigenvalue weighted by Gasteiger charge is -2.10. The summed E-state index contributed by atoms with van der Waals surface area (Å²) in [6.45, 7) is 8.84. The lowest BCUT2D eigenvalue weighted by atomic mass is 10.0. The molecule has 2 nitrogen and oxygen atoms in total. The second kappa shape index (κ2) is 8.51. The summed E-state index contributed by atoms with van der Waals surface area (Å²) < 4.78 is 5.03. The van der Waals surface area contributed by atoms with E-state index in [0.717, 1.165) is 12.8 Å². The molecule has 0 saturated heterocycles. The Balaban J connectivity index is 3.45. The highest BCUT2D eigenvalue weighted by molar-refractivity contribution is 5.68. The Bertz CT molecular complexity index is 203. The normalized spacial score (nSPS) is 12.0. The summed E-state index contributed by atoms with van der Waals surface area (Å²) in [5, 5.41) is 0. The van der Waals surface area contributed by atoms with Crippen molar-refractivity contribution in [1.82, 2.24) is 0 Å². The van der Waals surface area contributed by atoms with Crippen molar-refractivity contribution >= 4 is 5.97 Å². The Morgan fingerprint density at radius 2 is 2.00 bits per heavy atom. The van der Waals surface area contributed by atoms with E-state index in [1.807, 2.05) is 6.92 Å². The number of ether oxygens (including phenoxy) is 1. The highest BCUT2D eigenvalue weighted by Gasteiger charge is 2.03. The van der Waals surface area contributed by atoms with E-state index in [4.69, 9.17) is 4.74 Å². The van der Waals surface area contributed by atoms with Crippen LogP contribution in [-0.2, 0) is 9.53 Å². The molecule has 1 atom stereocenters. The van der Waals surface area contributed by atoms with Gasteiger partial charge in [0.25, 0.3) is 0 Å². The van der Waals surface area contributed by atoms with Gasteiger partial charge >= 0.3 is 5.97 Å². The summed E-state index contributed by atoms with van der Waals surface area (Å²) in [4.78, 5) is 10.9. The average molecular weight is 212 g/mol. The summed E-state index contributed by atoms with van der Waals surface area (Å²) in [5.74, 6) is 0.539. The van der Waals surface area contributed by atoms with Crippen molar-refractivity contribution in [2.24, 2.45) is 5.92 Å². The van der Waals surface area contributed by atoms with Crippen molar-refractivity contribution in [2.45, 2.75) is 53.4 Å². The highest BCUT2D eigenvalue weighted by Crippen LogP contribution is 2.11. The fourth-order valence-corrected chi connectivity index (χ4v) is 1.28. The molecule has 0 aliphatic heterocycles. The summed E-state index contributed by atoms with van der Waals surface area (Å²) >= 11 is 0. The Morgan fingerprint density at radius 1 is 1.33 bits per heavy atom. The van der Waals surface area contributed by atoms with Crippen LogP contribution < -0.4 is 0 Å². The third-order valence-electron chi connectivity index (χ3n) is 2.37. The molecule has 0 radical (unpaired) electrons. The number of carbonyl (C=O) groups is 1. The largest absolute Gasteiger partial charge is 0.466 e. The summed E-state index contributed by atoms with van der Waals surface area (Å²) in [6.07, 6.45) is 6.02. The molecule has 0 unspecified atom stereocenters. The first kappa shape index (κ1) is 14.2. The van der Waals surface area contributed by atoms with Gasteiger partial charge in [0.05, 0.1) is 6.61 Å². The van der Waals surface area contributed by atoms with Gasteiger partial charge in [-0.05, 0) is 39.0 Å². The van der Waals surface area contributed by atoms with Crippen molar-refractivity contribution in [3.8, 4) is 0 Å². The molecule has 0 saturated carbocycles. The van der Waals surface area contributed by atoms with Crippen molar-refractivity contribution in [2.75, 3.05) is 6.61 Å². The fraction of sp³-hybridized carbons (Fsp3) is 0.769. The Labute approximate surface area is 93.7 Å². The maximum Gasteiger partial charge on any atom is 0.305 e. The molecule has 0 rings (SSSR count). The molecule has 0 spiro atoms. The van der Waals surface area contributed by atoms with Gasteiger partial charge in [-0.1, -0.05) is 25.5 Å². The van der Waals surface area contributed by atoms with Crippen LogP contribution in [0.1, 0.15) is 53.4 Å². The molecule has 0 N–H and O–H groups in total. The van der Waals surface area contributed by atoms with Crippen LogP contribution in [0.25, 0.3) is 0 Å². The van der Waals surface area contributed by atoms with E-state index >= 15 is 0 Å². The predicted octanol–water partition coefficient (Wildman–Crippen LogP) is 3.71. The first-order valence-electron chi connectivity index (χ1n) is 5.85. The van der Waals surface area contributed by atoms with Gasteiger partial charge in [-0.3, -0.25) is 4.79 Å². The van der Waals surface area contributed by atoms with Crippen LogP contribution in [0.2, 0.25) is 0 Å². The number of hydrogen-bond acceptors (Lipinski definition) is 2. The van der Waals surface area contributed by atoms with E-state index in [2.05, 4.69) is 26.8 Å². The molecule has 0 aromatic heterocycles. The van der Waals surface area contributed by atoms with Crippen LogP contribution in [-0.4, -0.2) is 12.6 Å². The summed E-state index contributed by atoms with van der Waals surface area (Å²) in [6, 6.07) is 0. The second-order valence-corrected chi connectivity index (χ2v) is 4.33. The minimum Gasteiger partial charge on any atom is -0.466 e. The Hall–Kier alpha value is -0.790. The zero-order valence-electron chi connectivity index (χ0n) is 10.5. The van der Waals surface area contributed by atoms with Crippen LogP contribution in [0.4, 0.5) is 0 Å². The fourth-order valence-electron chi connectivity index (χ4n) is 1.28. The predicted molar refractivity (Wildman–Crippen MR) is 63.7 cm³/mol. The van der Waals surface area contributed by atoms with Crippen LogP contribution in [0.15, 0.2) is 11.6 Å². The minimum absolute atomic E-state index is 0.0912. The van der Waals surface area contributed by atoms with E-state index < -0.39 is 0 Å². The Morgan fingerprint density at radius 3 is 2.53 bits per heavy atom. The van der Waals surface area contributed by atoms with Gasteiger partial charge in [0.1, 0.15) is 0 Å². The van der Waals surface area contributed by atoms with Gasteiger partial charge in [-0.15, -0.1) is 0 Å². The number of rotatable bonds is 7. The first-order valence-corrected chi connectivity index (χ1v) is 5.85. The van der Waals surface area contributed by atoms with Gasteiger partial charge < -0.3 is 4.74 Å². The number of allylic oxidation sites excluding steroid dienone is 2. The van der Waals surface area contributed by atoms with Crippen molar-refractivity contribution in [1.29, 1.82) is 0 Å². The molecule has 0 aromatic rings. The van der Waals surface area contributed by atoms with Gasteiger partial charge in [0.2, 0.25) is 0 Å². The molecular formula is C13H24O2. The SMILES string of the molecule is CCC(=O)OCC[C@@H](C)CCC=C(C)C. The Kier molecular flexibility index (Phi) is 8.06. The lowest BCUT2D eigenvalue weighted by Crippen LogP contribution is -2.07. The third-order valence-corrected chi connectivity index (χ3v) is 2.37. The molecule has 15 heavy (non-hydrogen) atoms. The van der Waals surface area contributed by atoms with E-state index in [1.165, 1.54) is 12.0 Å². The molecule has 0 aromatic carbocycles. The zero-order chi connectivity index (χ0) is 11.7. The molecule has 0 fully saturated rings. The zero-order valence-corrected chi connectivity index (χ0v) is 10.5. The lowest BCUT2D eigenvalue weighted by molar-refractivity contribution is -0.143. The van der Waals surface area contributed by atoms with E-state index in [-0.39, 0.29) is 5.97 Å². The van der Waals surface area contributed by atoms with Crippen molar-refractivity contribution in [3.63, 3.8) is 0 Å². The molecule has 0 aliphatic rings. The molecule has 88 valence electrons. The van der Waals surface area contributed by atoms with Gasteiger partial charge in [0.15, 0.2) is 0 Å². The van der Waals surface area contributed by atoms with Crippen LogP contribution in [0, 0.1) is 5.92 Å². The third kappa shape index (κ3) is 9.51. The maximum atomic E-state index is 10.9. The van der Waals surface area contributed by atoms with Crippen LogP contribution in [0.5, 0.6) is 0 Å². The number of hydrogen-bond donors (Lipinski definition) is 0. The minimum atomic E-state index is -0.0912. The van der Waals surface area contributed by atoms with E-state index in [1.54, 1.807) is 0 Å². The number of esters is 1. The van der Waals surface area contributed by atoms with Gasteiger partial charge in [-0.25, -0.2) is 0 Å². The molecule has 0 amide bonds. The first-order chi connectivity index (χ1) is 7.06. The van der Waals surface area contributed by atoms with Crippen LogP contribution >= 0.6 is 0 Å². The smallest absolute Gasteiger partial charge is 0.305 e. The van der Waals surface area contributed by atoms with E-state index in [9.17, 15) is 4.79 Å². The summed E-state index contributed by atoms with van der Waals surface area (Å²) in [5.41, 5.74) is 1.37. The molecule has 0 bridgehead atoms. The number of carbonyl (C=O) groups excluding carboxylic acids is 1. The topological polar surface area (TPSA) is 26.3 Å². The maximum absolute atomic E-state index is 10.9. The summed E-state index contributed by atoms with van der Waals surface area (Å²) in [7, 11) is 0. The molecule has 2 heteroatoms. The second-order valence-electron chi connectivity index (χ2n) is 4.33. The average Bonchev–Trinajstić information content (AvgIpc) is 2.17. The molecule has 0 heterocycles. The van der Waals surface area contributed by atoms with Gasteiger partial charge in [-0.2, -0.15) is 0 Å². The van der Waals surface area contributed by atoms with Crippen LogP contribution in [0.3, 0.4) is 0 Å². The monoisotopic (exact) mass is 212 g/mol. The quantitative estimate of drug-likeness (QED) is 0.475. The van der Waals surface area contributed by atoms with E-state index in [0.29, 0.717) is 18.9 Å². The highest BCUT2D eigenvalue weighted by atomic mass is 16.5. The standard InChI is InChI=1S/C13H24O2/c1-5-13(14)15-10-9-12(4)8-6-7-11(2)3/h7,12H,5-6,8-10H2,1-4H3/t12-/m0/s1. The van der Waals surface area contributed by atoms with Gasteiger partial charge in [0, 0.05) is 6.42 Å². The molecular weight excluding hydrogens is 188 g/mol. The van der Waals surface area contributed by atoms with Crippen molar-refractivity contribution < 1.29 is 9.53 Å².